The van der Waals surface area contributed by atoms with Gasteiger partial charge in [-0.05, 0) is 54.6 Å². The van der Waals surface area contributed by atoms with Crippen LogP contribution in [-0.2, 0) is 0 Å². The number of allylic oxidation sites excluding steroid dienone is 1. The van der Waals surface area contributed by atoms with E-state index in [1.807, 2.05) is 0 Å². The number of ketones is 1. The summed E-state index contributed by atoms with van der Waals surface area (Å²) in [6, 6.07) is 13.5. The number of ether oxygens (including phenoxy) is 3. The van der Waals surface area contributed by atoms with Crippen molar-refractivity contribution in [2.24, 2.45) is 0 Å². The Morgan fingerprint density at radius 1 is 0.839 bits per heavy atom. The van der Waals surface area contributed by atoms with Crippen molar-refractivity contribution in [3.8, 4) is 17.2 Å². The van der Waals surface area contributed by atoms with Gasteiger partial charge < -0.3 is 14.2 Å². The van der Waals surface area contributed by atoms with E-state index in [4.69, 9.17) is 14.2 Å². The quantitative estimate of drug-likeness (QED) is 0.229. The average Bonchev–Trinajstić information content (AvgIpc) is 2.78. The first-order valence-electron chi connectivity index (χ1n) is 9.13. The SMILES string of the molecule is COc1ccc(C(=O)Oc2ccc(F)cc2C(=O)C=Cc2ccccc2F)cc1OC. The second kappa shape index (κ2) is 9.67. The number of halogens is 2. The molecule has 3 rings (SSSR count). The van der Waals surface area contributed by atoms with Crippen molar-refractivity contribution in [2.45, 2.75) is 0 Å². The number of esters is 1. The van der Waals surface area contributed by atoms with E-state index in [0.29, 0.717) is 11.5 Å². The highest BCUT2D eigenvalue weighted by molar-refractivity contribution is 6.09. The topological polar surface area (TPSA) is 61.8 Å². The third-order valence-electron chi connectivity index (χ3n) is 4.35. The Kier molecular flexibility index (Phi) is 6.77. The molecule has 0 aliphatic carbocycles. The maximum Gasteiger partial charge on any atom is 0.343 e. The molecule has 3 aromatic carbocycles. The highest BCUT2D eigenvalue weighted by Crippen LogP contribution is 2.29. The van der Waals surface area contributed by atoms with Gasteiger partial charge >= 0.3 is 5.97 Å². The summed E-state index contributed by atoms with van der Waals surface area (Å²) in [5.74, 6) is -2.02. The fourth-order valence-corrected chi connectivity index (χ4v) is 2.77. The second-order valence-corrected chi connectivity index (χ2v) is 6.32. The van der Waals surface area contributed by atoms with E-state index in [2.05, 4.69) is 0 Å². The summed E-state index contributed by atoms with van der Waals surface area (Å²) in [5.41, 5.74) is 0.153. The second-order valence-electron chi connectivity index (χ2n) is 6.32. The Bertz CT molecular complexity index is 1150. The van der Waals surface area contributed by atoms with Gasteiger partial charge in [0.1, 0.15) is 17.4 Å². The molecule has 5 nitrogen and oxygen atoms in total. The standard InChI is InChI=1S/C24H18F2O5/c1-29-22-11-8-16(13-23(22)30-2)24(28)31-21-12-9-17(25)14-18(21)20(27)10-7-15-5-3-4-6-19(15)26/h3-14H,1-2H3. The first-order chi connectivity index (χ1) is 14.9. The van der Waals surface area contributed by atoms with Gasteiger partial charge in [-0.2, -0.15) is 0 Å². The summed E-state index contributed by atoms with van der Waals surface area (Å²) in [5, 5.41) is 0. The van der Waals surface area contributed by atoms with Crippen molar-refractivity contribution in [1.82, 2.24) is 0 Å². The third kappa shape index (κ3) is 5.14. The molecule has 0 fully saturated rings. The number of benzene rings is 3. The van der Waals surface area contributed by atoms with Crippen LogP contribution in [0.3, 0.4) is 0 Å². The van der Waals surface area contributed by atoms with Gasteiger partial charge in [0.15, 0.2) is 17.3 Å². The number of hydrogen-bond donors (Lipinski definition) is 0. The summed E-state index contributed by atoms with van der Waals surface area (Å²) in [6.45, 7) is 0. The number of hydrogen-bond acceptors (Lipinski definition) is 5. The molecule has 0 spiro atoms. The Balaban J connectivity index is 1.87. The Hall–Kier alpha value is -4.00. The Morgan fingerprint density at radius 2 is 1.55 bits per heavy atom. The lowest BCUT2D eigenvalue weighted by Gasteiger charge is -2.11. The molecular formula is C24H18F2O5. The van der Waals surface area contributed by atoms with Crippen LogP contribution in [-0.4, -0.2) is 26.0 Å². The fraction of sp³-hybridized carbons (Fsp3) is 0.0833. The predicted octanol–water partition coefficient (Wildman–Crippen LogP) is 5.10. The molecule has 0 heterocycles. The van der Waals surface area contributed by atoms with Gasteiger partial charge in [-0.1, -0.05) is 18.2 Å². The van der Waals surface area contributed by atoms with Crippen molar-refractivity contribution in [3.63, 3.8) is 0 Å². The minimum atomic E-state index is -0.778. The van der Waals surface area contributed by atoms with Gasteiger partial charge in [0.2, 0.25) is 0 Å². The van der Waals surface area contributed by atoms with Gasteiger partial charge in [-0.25, -0.2) is 13.6 Å². The molecule has 0 aliphatic rings. The van der Waals surface area contributed by atoms with E-state index in [-0.39, 0.29) is 22.4 Å². The monoisotopic (exact) mass is 424 g/mol. The number of methoxy groups -OCH3 is 2. The lowest BCUT2D eigenvalue weighted by atomic mass is 10.1. The molecule has 31 heavy (non-hydrogen) atoms. The molecule has 0 unspecified atom stereocenters. The molecule has 7 heteroatoms. The van der Waals surface area contributed by atoms with Crippen LogP contribution >= 0.6 is 0 Å². The molecule has 0 amide bonds. The molecule has 158 valence electrons. The van der Waals surface area contributed by atoms with Crippen molar-refractivity contribution >= 4 is 17.8 Å². The van der Waals surface area contributed by atoms with Crippen molar-refractivity contribution in [2.75, 3.05) is 14.2 Å². The summed E-state index contributed by atoms with van der Waals surface area (Å²) in [7, 11) is 2.88. The van der Waals surface area contributed by atoms with Gasteiger partial charge in [-0.3, -0.25) is 4.79 Å². The molecule has 0 N–H and O–H groups in total. The molecule has 0 saturated heterocycles. The number of carbonyl (C=O) groups is 2. The van der Waals surface area contributed by atoms with Crippen LogP contribution in [0.2, 0.25) is 0 Å². The molecule has 0 radical (unpaired) electrons. The predicted molar refractivity (Wildman–Crippen MR) is 111 cm³/mol. The molecule has 0 bridgehead atoms. The molecule has 0 atom stereocenters. The van der Waals surface area contributed by atoms with Crippen LogP contribution < -0.4 is 14.2 Å². The lowest BCUT2D eigenvalue weighted by molar-refractivity contribution is 0.0732. The van der Waals surface area contributed by atoms with Crippen molar-refractivity contribution in [1.29, 1.82) is 0 Å². The van der Waals surface area contributed by atoms with Gasteiger partial charge in [0.25, 0.3) is 0 Å². The van der Waals surface area contributed by atoms with Gasteiger partial charge in [0, 0.05) is 5.56 Å². The lowest BCUT2D eigenvalue weighted by Crippen LogP contribution is -2.12. The fourth-order valence-electron chi connectivity index (χ4n) is 2.77. The summed E-state index contributed by atoms with van der Waals surface area (Å²) in [6.07, 6.45) is 2.35. The molecule has 0 aromatic heterocycles. The highest BCUT2D eigenvalue weighted by Gasteiger charge is 2.18. The largest absolute Gasteiger partial charge is 0.493 e. The Labute approximate surface area is 177 Å². The van der Waals surface area contributed by atoms with Crippen LogP contribution in [0.15, 0.2) is 66.7 Å². The zero-order chi connectivity index (χ0) is 22.4. The van der Waals surface area contributed by atoms with E-state index in [1.54, 1.807) is 6.07 Å². The average molecular weight is 424 g/mol. The molecular weight excluding hydrogens is 406 g/mol. The number of rotatable bonds is 7. The van der Waals surface area contributed by atoms with Crippen LogP contribution in [0.4, 0.5) is 8.78 Å². The smallest absolute Gasteiger partial charge is 0.343 e. The molecule has 0 aliphatic heterocycles. The third-order valence-corrected chi connectivity index (χ3v) is 4.35. The van der Waals surface area contributed by atoms with Crippen LogP contribution in [0, 0.1) is 11.6 Å². The summed E-state index contributed by atoms with van der Waals surface area (Å²) in [4.78, 5) is 25.2. The van der Waals surface area contributed by atoms with E-state index < -0.39 is 23.4 Å². The maximum atomic E-state index is 13.8. The zero-order valence-corrected chi connectivity index (χ0v) is 16.7. The van der Waals surface area contributed by atoms with E-state index in [0.717, 1.165) is 18.2 Å². The van der Waals surface area contributed by atoms with Crippen LogP contribution in [0.1, 0.15) is 26.3 Å². The van der Waals surface area contributed by atoms with Crippen LogP contribution in [0.5, 0.6) is 17.2 Å². The van der Waals surface area contributed by atoms with E-state index >= 15 is 0 Å². The molecule has 3 aromatic rings. The summed E-state index contributed by atoms with van der Waals surface area (Å²) < 4.78 is 43.1. The number of carbonyl (C=O) groups excluding carboxylic acids is 2. The van der Waals surface area contributed by atoms with Crippen molar-refractivity contribution in [3.05, 3.63) is 95.1 Å². The van der Waals surface area contributed by atoms with Crippen molar-refractivity contribution < 1.29 is 32.6 Å². The Morgan fingerprint density at radius 3 is 2.26 bits per heavy atom. The van der Waals surface area contributed by atoms with E-state index in [9.17, 15) is 18.4 Å². The summed E-state index contributed by atoms with van der Waals surface area (Å²) >= 11 is 0. The zero-order valence-electron chi connectivity index (χ0n) is 16.7. The minimum absolute atomic E-state index is 0.135. The van der Waals surface area contributed by atoms with Gasteiger partial charge in [-0.15, -0.1) is 0 Å². The van der Waals surface area contributed by atoms with Gasteiger partial charge in [0.05, 0.1) is 25.3 Å². The normalized spacial score (nSPS) is 10.7. The minimum Gasteiger partial charge on any atom is -0.493 e. The first-order valence-corrected chi connectivity index (χ1v) is 9.13. The maximum absolute atomic E-state index is 13.8. The molecule has 0 saturated carbocycles. The first kappa shape index (κ1) is 21.7. The van der Waals surface area contributed by atoms with Crippen LogP contribution in [0.25, 0.3) is 6.08 Å². The van der Waals surface area contributed by atoms with E-state index in [1.165, 1.54) is 62.8 Å². The highest BCUT2D eigenvalue weighted by atomic mass is 19.1.